The highest BCUT2D eigenvalue weighted by Crippen LogP contribution is 2.32. The van der Waals surface area contributed by atoms with Gasteiger partial charge in [-0.25, -0.2) is 8.78 Å². The van der Waals surface area contributed by atoms with E-state index in [2.05, 4.69) is 4.98 Å². The highest BCUT2D eigenvalue weighted by Gasteiger charge is 2.48. The summed E-state index contributed by atoms with van der Waals surface area (Å²) in [6, 6.07) is 5.48. The van der Waals surface area contributed by atoms with Crippen molar-refractivity contribution >= 4 is 22.5 Å². The monoisotopic (exact) mass is 374 g/mol. The number of carbonyl (C=O) groups is 2. The molecule has 7 nitrogen and oxygen atoms in total. The van der Waals surface area contributed by atoms with Crippen LogP contribution in [0.3, 0.4) is 0 Å². The van der Waals surface area contributed by atoms with Crippen molar-refractivity contribution in [1.29, 1.82) is 5.26 Å². The van der Waals surface area contributed by atoms with Gasteiger partial charge in [0, 0.05) is 30.0 Å². The average molecular weight is 374 g/mol. The maximum atomic E-state index is 13.5. The number of nitrogens with one attached hydrogen (secondary N) is 1. The highest BCUT2D eigenvalue weighted by molar-refractivity contribution is 6.09. The number of Topliss-reactive ketones (excluding diaryl/α,β-unsaturated/α-hetero) is 1. The quantitative estimate of drug-likeness (QED) is 0.779. The summed E-state index contributed by atoms with van der Waals surface area (Å²) in [5.74, 6) is -4.54. The first-order valence-corrected chi connectivity index (χ1v) is 8.20. The smallest absolute Gasteiger partial charge is 0.268 e. The minimum atomic E-state index is -3.16. The van der Waals surface area contributed by atoms with E-state index < -0.39 is 49.1 Å². The van der Waals surface area contributed by atoms with Crippen molar-refractivity contribution in [1.82, 2.24) is 9.88 Å². The van der Waals surface area contributed by atoms with Crippen LogP contribution in [-0.2, 0) is 4.79 Å². The number of fused-ring (bicyclic) bond motifs is 1. The van der Waals surface area contributed by atoms with Crippen LogP contribution in [0.25, 0.3) is 10.8 Å². The summed E-state index contributed by atoms with van der Waals surface area (Å²) < 4.78 is 27.0. The van der Waals surface area contributed by atoms with Gasteiger partial charge in [-0.3, -0.25) is 14.4 Å². The van der Waals surface area contributed by atoms with Crippen LogP contribution in [0.4, 0.5) is 8.78 Å². The van der Waals surface area contributed by atoms with Crippen molar-refractivity contribution in [3.63, 3.8) is 0 Å². The first-order chi connectivity index (χ1) is 12.7. The number of halogens is 2. The van der Waals surface area contributed by atoms with E-state index in [0.717, 1.165) is 4.90 Å². The Morgan fingerprint density at radius 1 is 1.37 bits per heavy atom. The fourth-order valence-corrected chi connectivity index (χ4v) is 3.21. The van der Waals surface area contributed by atoms with Crippen molar-refractivity contribution in [3.8, 4) is 6.07 Å². The number of hydrogen-bond acceptors (Lipinski definition) is 5. The van der Waals surface area contributed by atoms with Crippen LogP contribution in [0.2, 0.25) is 0 Å². The number of hydrogen-bond donors (Lipinski definition) is 2. The Labute approximate surface area is 152 Å². The number of rotatable bonds is 4. The van der Waals surface area contributed by atoms with E-state index >= 15 is 0 Å². The first-order valence-electron chi connectivity index (χ1n) is 8.20. The fraction of sp³-hybridized carbons (Fsp3) is 0.333. The predicted molar refractivity (Wildman–Crippen MR) is 92.2 cm³/mol. The lowest BCUT2D eigenvalue weighted by Crippen LogP contribution is -2.47. The largest absolute Gasteiger partial charge is 0.328 e. The maximum absolute atomic E-state index is 13.5. The zero-order valence-electron chi connectivity index (χ0n) is 14.1. The molecule has 2 heterocycles. The number of carbonyl (C=O) groups excluding carboxylic acids is 2. The average Bonchev–Trinajstić information content (AvgIpc) is 2.96. The molecule has 1 saturated heterocycles. The van der Waals surface area contributed by atoms with Gasteiger partial charge < -0.3 is 15.6 Å². The molecule has 0 bridgehead atoms. The van der Waals surface area contributed by atoms with Gasteiger partial charge in [-0.05, 0) is 11.5 Å². The molecule has 0 radical (unpaired) electrons. The number of benzene rings is 1. The zero-order chi connectivity index (χ0) is 19.8. The first kappa shape index (κ1) is 18.7. The Morgan fingerprint density at radius 2 is 2.04 bits per heavy atom. The Morgan fingerprint density at radius 3 is 2.70 bits per heavy atom. The maximum Gasteiger partial charge on any atom is 0.268 e. The molecule has 1 aliphatic heterocycles. The minimum Gasteiger partial charge on any atom is -0.328 e. The fourth-order valence-electron chi connectivity index (χ4n) is 3.21. The van der Waals surface area contributed by atoms with Crippen LogP contribution in [0, 0.1) is 11.3 Å². The number of nitriles is 1. The lowest BCUT2D eigenvalue weighted by molar-refractivity contribution is -0.133. The molecule has 0 aliphatic carbocycles. The molecule has 1 amide bonds. The van der Waals surface area contributed by atoms with Gasteiger partial charge in [0.2, 0.25) is 5.91 Å². The van der Waals surface area contributed by atoms with Gasteiger partial charge in [0.15, 0.2) is 5.78 Å². The van der Waals surface area contributed by atoms with Gasteiger partial charge in [0.1, 0.15) is 6.04 Å². The molecule has 9 heteroatoms. The summed E-state index contributed by atoms with van der Waals surface area (Å²) in [6.45, 7) is -0.895. The second-order valence-corrected chi connectivity index (χ2v) is 6.48. The molecule has 0 spiro atoms. The number of H-pyrrole nitrogens is 1. The molecule has 2 aromatic rings. The minimum absolute atomic E-state index is 0.178. The molecule has 1 unspecified atom stereocenters. The number of ketones is 1. The number of amides is 1. The van der Waals surface area contributed by atoms with Crippen LogP contribution in [0.15, 0.2) is 35.3 Å². The van der Waals surface area contributed by atoms with Gasteiger partial charge in [0.25, 0.3) is 11.5 Å². The van der Waals surface area contributed by atoms with Crippen molar-refractivity contribution in [2.45, 2.75) is 30.8 Å². The Hall–Kier alpha value is -3.12. The molecule has 1 aromatic heterocycles. The van der Waals surface area contributed by atoms with E-state index in [1.165, 1.54) is 6.20 Å². The molecule has 3 rings (SSSR count). The molecule has 140 valence electrons. The molecule has 3 N–H and O–H groups in total. The van der Waals surface area contributed by atoms with Crippen molar-refractivity contribution in [2.24, 2.45) is 5.73 Å². The van der Waals surface area contributed by atoms with Crippen LogP contribution < -0.4 is 11.3 Å². The van der Waals surface area contributed by atoms with Crippen LogP contribution in [0.1, 0.15) is 23.2 Å². The lowest BCUT2D eigenvalue weighted by atomic mass is 9.99. The second kappa shape index (κ2) is 6.89. The number of likely N-dealkylation sites (tertiary alicyclic amines) is 1. The molecule has 27 heavy (non-hydrogen) atoms. The summed E-state index contributed by atoms with van der Waals surface area (Å²) in [7, 11) is 0. The number of nitrogens with zero attached hydrogens (tertiary/aromatic N) is 2. The molecular weight excluding hydrogens is 358 g/mol. The van der Waals surface area contributed by atoms with E-state index in [1.807, 2.05) is 0 Å². The van der Waals surface area contributed by atoms with E-state index in [4.69, 9.17) is 11.0 Å². The number of aromatic amines is 1. The highest BCUT2D eigenvalue weighted by atomic mass is 19.3. The predicted octanol–water partition coefficient (Wildman–Crippen LogP) is 1.19. The molecule has 1 fully saturated rings. The topological polar surface area (TPSA) is 120 Å². The van der Waals surface area contributed by atoms with Gasteiger partial charge in [0.05, 0.1) is 18.7 Å². The van der Waals surface area contributed by atoms with E-state index in [9.17, 15) is 23.2 Å². The SMILES string of the molecule is N#C[C@@H]1CC(F)(F)CN1C(=O)C(N)CC(=O)c1c[nH]c(=O)c2ccccc12. The Balaban J connectivity index is 1.81. The molecule has 0 saturated carbocycles. The van der Waals surface area contributed by atoms with Crippen molar-refractivity contribution in [3.05, 3.63) is 46.4 Å². The van der Waals surface area contributed by atoms with Crippen LogP contribution in [0.5, 0.6) is 0 Å². The van der Waals surface area contributed by atoms with Gasteiger partial charge in [-0.1, -0.05) is 18.2 Å². The number of nitrogens with two attached hydrogens (primary N) is 1. The van der Waals surface area contributed by atoms with Gasteiger partial charge >= 0.3 is 0 Å². The standard InChI is InChI=1S/C18H16F2N4O3/c19-18(20)6-10(7-21)24(9-18)17(27)14(22)5-15(25)13-8-23-16(26)12-4-2-1-3-11(12)13/h1-4,8,10,14H,5-6,9,22H2,(H,23,26)/t10-,14?/m0/s1. The van der Waals surface area contributed by atoms with E-state index in [1.54, 1.807) is 30.3 Å². The summed E-state index contributed by atoms with van der Waals surface area (Å²) in [4.78, 5) is 40.0. The van der Waals surface area contributed by atoms with Gasteiger partial charge in [-0.15, -0.1) is 0 Å². The van der Waals surface area contributed by atoms with Gasteiger partial charge in [-0.2, -0.15) is 5.26 Å². The van der Waals surface area contributed by atoms with E-state index in [-0.39, 0.29) is 11.1 Å². The third kappa shape index (κ3) is 3.57. The summed E-state index contributed by atoms with van der Waals surface area (Å²) >= 11 is 0. The number of alkyl halides is 2. The number of aromatic nitrogens is 1. The molecule has 2 atom stereocenters. The molecule has 1 aliphatic rings. The summed E-state index contributed by atoms with van der Waals surface area (Å²) in [5, 5.41) is 9.71. The lowest BCUT2D eigenvalue weighted by Gasteiger charge is -2.22. The van der Waals surface area contributed by atoms with Crippen molar-refractivity contribution < 1.29 is 18.4 Å². The van der Waals surface area contributed by atoms with E-state index in [0.29, 0.717) is 10.8 Å². The van der Waals surface area contributed by atoms with Crippen molar-refractivity contribution in [2.75, 3.05) is 6.54 Å². The third-order valence-electron chi connectivity index (χ3n) is 4.53. The van der Waals surface area contributed by atoms with Crippen LogP contribution >= 0.6 is 0 Å². The van der Waals surface area contributed by atoms with Crippen LogP contribution in [-0.4, -0.2) is 46.1 Å². The Bertz CT molecular complexity index is 1010. The summed E-state index contributed by atoms with van der Waals surface area (Å²) in [6.07, 6.45) is 0.0574. The zero-order valence-corrected chi connectivity index (χ0v) is 14.1. The summed E-state index contributed by atoms with van der Waals surface area (Å²) in [5.41, 5.74) is 5.59. The molecule has 1 aromatic carbocycles. The third-order valence-corrected chi connectivity index (χ3v) is 4.53. The second-order valence-electron chi connectivity index (χ2n) is 6.48. The normalized spacial score (nSPS) is 19.6. The Kier molecular flexibility index (Phi) is 4.76. The number of pyridine rings is 1. The molecular formula is C18H16F2N4O3.